The van der Waals surface area contributed by atoms with Crippen LogP contribution in [0, 0.1) is 0 Å². The van der Waals surface area contributed by atoms with Gasteiger partial charge in [0.15, 0.2) is 0 Å². The maximum absolute atomic E-state index is 13.3. The highest BCUT2D eigenvalue weighted by atomic mass is 16.5. The van der Waals surface area contributed by atoms with Crippen LogP contribution in [0.4, 0.5) is 4.79 Å². The lowest BCUT2D eigenvalue weighted by Gasteiger charge is -2.21. The molecule has 3 aromatic carbocycles. The molecule has 0 saturated heterocycles. The van der Waals surface area contributed by atoms with Gasteiger partial charge in [0.05, 0.1) is 13.2 Å². The largest absolute Gasteiger partial charge is 0.497 e. The number of aromatic amines is 1. The van der Waals surface area contributed by atoms with Gasteiger partial charge in [-0.15, -0.1) is 0 Å². The highest BCUT2D eigenvalue weighted by Gasteiger charge is 2.25. The summed E-state index contributed by atoms with van der Waals surface area (Å²) in [6.45, 7) is 2.00. The van der Waals surface area contributed by atoms with Crippen molar-refractivity contribution in [2.24, 2.45) is 0 Å². The fourth-order valence-electron chi connectivity index (χ4n) is 3.92. The van der Waals surface area contributed by atoms with E-state index in [1.807, 2.05) is 79.9 Å². The molecule has 3 N–H and O–H groups in total. The molecule has 7 heteroatoms. The molecule has 0 unspecified atom stereocenters. The second kappa shape index (κ2) is 11.2. The fourth-order valence-corrected chi connectivity index (χ4v) is 3.92. The molecule has 0 fully saturated rings. The molecular formula is C28H29N3O4. The summed E-state index contributed by atoms with van der Waals surface area (Å²) >= 11 is 0. The smallest absolute Gasteiger partial charge is 0.408 e. The number of rotatable bonds is 9. The normalized spacial score (nSPS) is 12.5. The third-order valence-electron chi connectivity index (χ3n) is 5.89. The number of nitrogens with one attached hydrogen (secondary N) is 3. The predicted octanol–water partition coefficient (Wildman–Crippen LogP) is 4.89. The summed E-state index contributed by atoms with van der Waals surface area (Å²) in [5, 5.41) is 6.78. The average molecular weight is 472 g/mol. The van der Waals surface area contributed by atoms with Gasteiger partial charge in [-0.05, 0) is 41.8 Å². The van der Waals surface area contributed by atoms with Crippen LogP contribution in [0.25, 0.3) is 10.9 Å². The Kier molecular flexibility index (Phi) is 7.67. The van der Waals surface area contributed by atoms with Crippen LogP contribution in [0.15, 0.2) is 85.1 Å². The van der Waals surface area contributed by atoms with E-state index in [0.29, 0.717) is 6.42 Å². The Balaban J connectivity index is 1.46. The monoisotopic (exact) mass is 471 g/mol. The van der Waals surface area contributed by atoms with Crippen molar-refractivity contribution >= 4 is 22.9 Å². The van der Waals surface area contributed by atoms with E-state index in [2.05, 4.69) is 15.6 Å². The van der Waals surface area contributed by atoms with Crippen LogP contribution < -0.4 is 15.4 Å². The van der Waals surface area contributed by atoms with Gasteiger partial charge in [0.25, 0.3) is 0 Å². The molecule has 35 heavy (non-hydrogen) atoms. The molecule has 4 aromatic rings. The SMILES string of the molecule is COc1ccc(COC(=O)N[C@H](Cc2c[nH]c3ccccc23)C(=O)N[C@@H](C)c2ccccc2)cc1. The van der Waals surface area contributed by atoms with Crippen LogP contribution in [-0.2, 0) is 22.6 Å². The number of carbonyl (C=O) groups excluding carboxylic acids is 2. The van der Waals surface area contributed by atoms with Crippen molar-refractivity contribution in [3.05, 3.63) is 102 Å². The molecule has 0 radical (unpaired) electrons. The number of carbonyl (C=O) groups is 2. The van der Waals surface area contributed by atoms with Crippen molar-refractivity contribution in [1.82, 2.24) is 15.6 Å². The number of alkyl carbamates (subject to hydrolysis) is 1. The lowest BCUT2D eigenvalue weighted by atomic mass is 10.0. The Hall–Kier alpha value is -4.26. The highest BCUT2D eigenvalue weighted by Crippen LogP contribution is 2.20. The fraction of sp³-hybridized carbons (Fsp3) is 0.214. The second-order valence-corrected chi connectivity index (χ2v) is 8.33. The predicted molar refractivity (Wildman–Crippen MR) is 135 cm³/mol. The first-order chi connectivity index (χ1) is 17.0. The average Bonchev–Trinajstić information content (AvgIpc) is 3.30. The van der Waals surface area contributed by atoms with Gasteiger partial charge < -0.3 is 25.1 Å². The summed E-state index contributed by atoms with van der Waals surface area (Å²) in [5.41, 5.74) is 3.70. The molecule has 0 saturated carbocycles. The van der Waals surface area contributed by atoms with Gasteiger partial charge in [-0.25, -0.2) is 4.79 Å². The summed E-state index contributed by atoms with van der Waals surface area (Å²) in [6.07, 6.45) is 1.53. The van der Waals surface area contributed by atoms with Gasteiger partial charge in [0, 0.05) is 23.5 Å². The molecule has 4 rings (SSSR count). The van der Waals surface area contributed by atoms with Crippen LogP contribution in [0.1, 0.15) is 29.7 Å². The van der Waals surface area contributed by atoms with Gasteiger partial charge >= 0.3 is 6.09 Å². The third-order valence-corrected chi connectivity index (χ3v) is 5.89. The molecule has 0 spiro atoms. The molecule has 2 atom stereocenters. The van der Waals surface area contributed by atoms with Crippen molar-refractivity contribution in [2.75, 3.05) is 7.11 Å². The quantitative estimate of drug-likeness (QED) is 0.324. The molecule has 0 aliphatic rings. The number of methoxy groups -OCH3 is 1. The minimum Gasteiger partial charge on any atom is -0.497 e. The van der Waals surface area contributed by atoms with Gasteiger partial charge in [-0.2, -0.15) is 0 Å². The van der Waals surface area contributed by atoms with Crippen LogP contribution in [0.2, 0.25) is 0 Å². The Morgan fingerprint density at radius 2 is 1.63 bits per heavy atom. The lowest BCUT2D eigenvalue weighted by Crippen LogP contribution is -2.48. The number of aromatic nitrogens is 1. The number of hydrogen-bond donors (Lipinski definition) is 3. The number of fused-ring (bicyclic) bond motifs is 1. The summed E-state index contributed by atoms with van der Waals surface area (Å²) < 4.78 is 10.6. The first-order valence-corrected chi connectivity index (χ1v) is 11.5. The summed E-state index contributed by atoms with van der Waals surface area (Å²) in [5.74, 6) is 0.439. The zero-order valence-corrected chi connectivity index (χ0v) is 19.8. The zero-order chi connectivity index (χ0) is 24.6. The summed E-state index contributed by atoms with van der Waals surface area (Å²) in [4.78, 5) is 29.1. The highest BCUT2D eigenvalue weighted by molar-refractivity contribution is 5.88. The molecule has 2 amide bonds. The van der Waals surface area contributed by atoms with Gasteiger partial charge in [-0.1, -0.05) is 60.7 Å². The summed E-state index contributed by atoms with van der Waals surface area (Å²) in [6, 6.07) is 23.8. The van der Waals surface area contributed by atoms with E-state index < -0.39 is 12.1 Å². The van der Waals surface area contributed by atoms with Gasteiger partial charge in [0.2, 0.25) is 5.91 Å². The van der Waals surface area contributed by atoms with E-state index in [1.165, 1.54) is 0 Å². The maximum atomic E-state index is 13.3. The van der Waals surface area contributed by atoms with Gasteiger partial charge in [-0.3, -0.25) is 4.79 Å². The molecule has 180 valence electrons. The van der Waals surface area contributed by atoms with Crippen LogP contribution >= 0.6 is 0 Å². The van der Waals surface area contributed by atoms with E-state index in [-0.39, 0.29) is 18.6 Å². The van der Waals surface area contributed by atoms with Crippen molar-refractivity contribution in [1.29, 1.82) is 0 Å². The standard InChI is InChI=1S/C28H29N3O4/c1-19(21-8-4-3-5-9-21)30-27(32)26(16-22-17-29-25-11-7-6-10-24(22)25)31-28(33)35-18-20-12-14-23(34-2)15-13-20/h3-15,17,19,26,29H,16,18H2,1-2H3,(H,30,32)(H,31,33)/t19-,26+/m0/s1. The number of H-pyrrole nitrogens is 1. The molecule has 0 aliphatic carbocycles. The Labute approximate surface area is 204 Å². The third kappa shape index (κ3) is 6.20. The Bertz CT molecular complexity index is 1270. The maximum Gasteiger partial charge on any atom is 0.408 e. The van der Waals surface area contributed by atoms with E-state index >= 15 is 0 Å². The van der Waals surface area contributed by atoms with E-state index in [9.17, 15) is 9.59 Å². The molecular weight excluding hydrogens is 442 g/mol. The van der Waals surface area contributed by atoms with Crippen molar-refractivity contribution in [3.63, 3.8) is 0 Å². The van der Waals surface area contributed by atoms with E-state index in [4.69, 9.17) is 9.47 Å². The molecule has 7 nitrogen and oxygen atoms in total. The van der Waals surface area contributed by atoms with Crippen LogP contribution in [0.5, 0.6) is 5.75 Å². The Morgan fingerprint density at radius 3 is 2.37 bits per heavy atom. The molecule has 1 heterocycles. The first-order valence-electron chi connectivity index (χ1n) is 11.5. The second-order valence-electron chi connectivity index (χ2n) is 8.33. The zero-order valence-electron chi connectivity index (χ0n) is 19.8. The van der Waals surface area contributed by atoms with Crippen LogP contribution in [0.3, 0.4) is 0 Å². The van der Waals surface area contributed by atoms with Crippen molar-refractivity contribution < 1.29 is 19.1 Å². The van der Waals surface area contributed by atoms with Gasteiger partial charge in [0.1, 0.15) is 18.4 Å². The number of amides is 2. The minimum atomic E-state index is -0.816. The molecule has 0 aliphatic heterocycles. The number of ether oxygens (including phenoxy) is 2. The van der Waals surface area contributed by atoms with Crippen molar-refractivity contribution in [2.45, 2.75) is 32.0 Å². The molecule has 1 aromatic heterocycles. The van der Waals surface area contributed by atoms with Crippen LogP contribution in [-0.4, -0.2) is 30.1 Å². The topological polar surface area (TPSA) is 92.5 Å². The van der Waals surface area contributed by atoms with Crippen molar-refractivity contribution in [3.8, 4) is 5.75 Å². The Morgan fingerprint density at radius 1 is 0.914 bits per heavy atom. The first kappa shape index (κ1) is 23.9. The molecule has 0 bridgehead atoms. The number of para-hydroxylation sites is 1. The number of benzene rings is 3. The van der Waals surface area contributed by atoms with E-state index in [1.54, 1.807) is 19.2 Å². The minimum absolute atomic E-state index is 0.0810. The number of hydrogen-bond acceptors (Lipinski definition) is 4. The lowest BCUT2D eigenvalue weighted by molar-refractivity contribution is -0.123. The van der Waals surface area contributed by atoms with E-state index in [0.717, 1.165) is 33.3 Å². The summed E-state index contributed by atoms with van der Waals surface area (Å²) in [7, 11) is 1.59.